The summed E-state index contributed by atoms with van der Waals surface area (Å²) in [4.78, 5) is 2.51. The fraction of sp³-hybridized carbons (Fsp3) is 0.600. The Morgan fingerprint density at radius 2 is 2.00 bits per heavy atom. The van der Waals surface area contributed by atoms with Crippen molar-refractivity contribution in [2.45, 2.75) is 32.2 Å². The minimum atomic E-state index is 0.0276. The van der Waals surface area contributed by atoms with Gasteiger partial charge in [0, 0.05) is 18.2 Å². The van der Waals surface area contributed by atoms with E-state index in [9.17, 15) is 0 Å². The van der Waals surface area contributed by atoms with Crippen molar-refractivity contribution in [3.05, 3.63) is 29.8 Å². The average molecular weight is 248 g/mol. The third kappa shape index (κ3) is 3.72. The number of rotatable bonds is 6. The quantitative estimate of drug-likeness (QED) is 0.786. The first kappa shape index (κ1) is 13.4. The van der Waals surface area contributed by atoms with E-state index in [1.54, 1.807) is 0 Å². The summed E-state index contributed by atoms with van der Waals surface area (Å²) in [5.74, 6) is 0.939. The Hall–Kier alpha value is -1.06. The maximum Gasteiger partial charge on any atom is 0.124 e. The lowest BCUT2D eigenvalue weighted by atomic mass is 10.1. The number of nitrogens with two attached hydrogens (primary N) is 1. The van der Waals surface area contributed by atoms with Crippen LogP contribution in [0.5, 0.6) is 5.75 Å². The molecule has 2 rings (SSSR count). The fourth-order valence-corrected chi connectivity index (χ4v) is 2.46. The lowest BCUT2D eigenvalue weighted by Crippen LogP contribution is -2.22. The SMILES string of the molecule is C[C@@H](N)c1ccccc1OCCCN1CCCC1. The van der Waals surface area contributed by atoms with Crippen molar-refractivity contribution in [1.29, 1.82) is 0 Å². The van der Waals surface area contributed by atoms with Gasteiger partial charge in [-0.1, -0.05) is 18.2 Å². The predicted octanol–water partition coefficient (Wildman–Crippen LogP) is 2.57. The Balaban J connectivity index is 1.75. The maximum atomic E-state index is 5.93. The second-order valence-electron chi connectivity index (χ2n) is 5.08. The molecule has 0 aliphatic carbocycles. The van der Waals surface area contributed by atoms with Crippen LogP contribution in [-0.4, -0.2) is 31.1 Å². The molecule has 100 valence electrons. The maximum absolute atomic E-state index is 5.93. The molecule has 1 aliphatic rings. The van der Waals surface area contributed by atoms with E-state index in [0.29, 0.717) is 0 Å². The zero-order valence-electron chi connectivity index (χ0n) is 11.3. The van der Waals surface area contributed by atoms with Gasteiger partial charge in [-0.2, -0.15) is 0 Å². The Kier molecular flexibility index (Phi) is 5.02. The molecule has 0 spiro atoms. The minimum absolute atomic E-state index is 0.0276. The van der Waals surface area contributed by atoms with Crippen molar-refractivity contribution in [2.24, 2.45) is 5.73 Å². The van der Waals surface area contributed by atoms with E-state index >= 15 is 0 Å². The number of benzene rings is 1. The lowest BCUT2D eigenvalue weighted by Gasteiger charge is -2.16. The van der Waals surface area contributed by atoms with Crippen LogP contribution in [0.4, 0.5) is 0 Å². The van der Waals surface area contributed by atoms with Crippen molar-refractivity contribution in [3.8, 4) is 5.75 Å². The molecule has 1 aromatic rings. The minimum Gasteiger partial charge on any atom is -0.493 e. The summed E-state index contributed by atoms with van der Waals surface area (Å²) < 4.78 is 5.85. The summed E-state index contributed by atoms with van der Waals surface area (Å²) >= 11 is 0. The van der Waals surface area contributed by atoms with Gasteiger partial charge < -0.3 is 15.4 Å². The number of para-hydroxylation sites is 1. The van der Waals surface area contributed by atoms with Crippen LogP contribution in [0, 0.1) is 0 Å². The smallest absolute Gasteiger partial charge is 0.124 e. The van der Waals surface area contributed by atoms with E-state index in [2.05, 4.69) is 4.90 Å². The Labute approximate surface area is 110 Å². The zero-order valence-corrected chi connectivity index (χ0v) is 11.3. The standard InChI is InChI=1S/C15H24N2O/c1-13(16)14-7-2-3-8-15(14)18-12-6-11-17-9-4-5-10-17/h2-3,7-8,13H,4-6,9-12,16H2,1H3/t13-/m1/s1. The van der Waals surface area contributed by atoms with Crippen LogP contribution in [0.3, 0.4) is 0 Å². The van der Waals surface area contributed by atoms with Crippen molar-refractivity contribution in [3.63, 3.8) is 0 Å². The fourth-order valence-electron chi connectivity index (χ4n) is 2.46. The number of likely N-dealkylation sites (tertiary alicyclic amines) is 1. The molecular weight excluding hydrogens is 224 g/mol. The first-order chi connectivity index (χ1) is 8.77. The lowest BCUT2D eigenvalue weighted by molar-refractivity contribution is 0.261. The summed E-state index contributed by atoms with van der Waals surface area (Å²) in [6.07, 6.45) is 3.80. The molecule has 18 heavy (non-hydrogen) atoms. The van der Waals surface area contributed by atoms with E-state index in [1.165, 1.54) is 25.9 Å². The average Bonchev–Trinajstić information content (AvgIpc) is 2.88. The highest BCUT2D eigenvalue weighted by molar-refractivity contribution is 5.35. The van der Waals surface area contributed by atoms with Crippen LogP contribution in [0.1, 0.15) is 37.8 Å². The molecule has 2 N–H and O–H groups in total. The largest absolute Gasteiger partial charge is 0.493 e. The van der Waals surface area contributed by atoms with Gasteiger partial charge in [0.25, 0.3) is 0 Å². The van der Waals surface area contributed by atoms with Crippen LogP contribution >= 0.6 is 0 Å². The zero-order chi connectivity index (χ0) is 12.8. The number of nitrogens with zero attached hydrogens (tertiary/aromatic N) is 1. The highest BCUT2D eigenvalue weighted by Crippen LogP contribution is 2.23. The molecule has 1 saturated heterocycles. The van der Waals surface area contributed by atoms with Gasteiger partial charge in [-0.3, -0.25) is 0 Å². The van der Waals surface area contributed by atoms with Crippen molar-refractivity contribution < 1.29 is 4.74 Å². The summed E-state index contributed by atoms with van der Waals surface area (Å²) in [5.41, 5.74) is 7.03. The first-order valence-corrected chi connectivity index (χ1v) is 6.97. The summed E-state index contributed by atoms with van der Waals surface area (Å²) in [7, 11) is 0. The van der Waals surface area contributed by atoms with Gasteiger partial charge in [0.15, 0.2) is 0 Å². The second kappa shape index (κ2) is 6.76. The molecule has 3 nitrogen and oxygen atoms in total. The van der Waals surface area contributed by atoms with Crippen LogP contribution in [0.2, 0.25) is 0 Å². The number of hydrogen-bond acceptors (Lipinski definition) is 3. The first-order valence-electron chi connectivity index (χ1n) is 6.97. The molecule has 1 heterocycles. The molecule has 0 aromatic heterocycles. The molecule has 1 aliphatic heterocycles. The third-order valence-corrected chi connectivity index (χ3v) is 3.48. The molecule has 1 fully saturated rings. The van der Waals surface area contributed by atoms with E-state index in [-0.39, 0.29) is 6.04 Å². The van der Waals surface area contributed by atoms with Crippen LogP contribution < -0.4 is 10.5 Å². The van der Waals surface area contributed by atoms with Gasteiger partial charge in [0.05, 0.1) is 6.61 Å². The Morgan fingerprint density at radius 1 is 1.28 bits per heavy atom. The van der Waals surface area contributed by atoms with Crippen molar-refractivity contribution >= 4 is 0 Å². The monoisotopic (exact) mass is 248 g/mol. The normalized spacial score (nSPS) is 17.9. The molecular formula is C15H24N2O. The topological polar surface area (TPSA) is 38.5 Å². The van der Waals surface area contributed by atoms with Gasteiger partial charge in [0.1, 0.15) is 5.75 Å². The van der Waals surface area contributed by atoms with E-state index in [4.69, 9.17) is 10.5 Å². The molecule has 0 unspecified atom stereocenters. The highest BCUT2D eigenvalue weighted by atomic mass is 16.5. The van der Waals surface area contributed by atoms with Crippen LogP contribution in [-0.2, 0) is 0 Å². The summed E-state index contributed by atoms with van der Waals surface area (Å²) in [6, 6.07) is 8.09. The highest BCUT2D eigenvalue weighted by Gasteiger charge is 2.11. The predicted molar refractivity (Wildman–Crippen MR) is 74.8 cm³/mol. The summed E-state index contributed by atoms with van der Waals surface area (Å²) in [5, 5.41) is 0. The Bertz CT molecular complexity index is 359. The molecule has 0 bridgehead atoms. The van der Waals surface area contributed by atoms with E-state index in [0.717, 1.165) is 30.9 Å². The number of hydrogen-bond donors (Lipinski definition) is 1. The van der Waals surface area contributed by atoms with Gasteiger partial charge in [-0.25, -0.2) is 0 Å². The summed E-state index contributed by atoms with van der Waals surface area (Å²) in [6.45, 7) is 6.44. The van der Waals surface area contributed by atoms with Gasteiger partial charge in [-0.05, 0) is 45.3 Å². The van der Waals surface area contributed by atoms with Crippen LogP contribution in [0.15, 0.2) is 24.3 Å². The van der Waals surface area contributed by atoms with Gasteiger partial charge in [0.2, 0.25) is 0 Å². The van der Waals surface area contributed by atoms with Gasteiger partial charge in [-0.15, -0.1) is 0 Å². The van der Waals surface area contributed by atoms with E-state index in [1.807, 2.05) is 31.2 Å². The number of ether oxygens (including phenoxy) is 1. The second-order valence-corrected chi connectivity index (χ2v) is 5.08. The molecule has 1 aromatic carbocycles. The van der Waals surface area contributed by atoms with Crippen molar-refractivity contribution in [1.82, 2.24) is 4.90 Å². The van der Waals surface area contributed by atoms with Crippen molar-refractivity contribution in [2.75, 3.05) is 26.2 Å². The molecule has 1 atom stereocenters. The molecule has 3 heteroatoms. The van der Waals surface area contributed by atoms with E-state index < -0.39 is 0 Å². The van der Waals surface area contributed by atoms with Crippen LogP contribution in [0.25, 0.3) is 0 Å². The molecule has 0 amide bonds. The van der Waals surface area contributed by atoms with Gasteiger partial charge >= 0.3 is 0 Å². The molecule has 0 saturated carbocycles. The third-order valence-electron chi connectivity index (χ3n) is 3.48. The molecule has 0 radical (unpaired) electrons. The Morgan fingerprint density at radius 3 is 2.72 bits per heavy atom.